The van der Waals surface area contributed by atoms with Gasteiger partial charge in [-0.1, -0.05) is 11.6 Å². The lowest BCUT2D eigenvalue weighted by molar-refractivity contribution is 0.257. The number of halogens is 1. The number of fused-ring (bicyclic) bond motifs is 1. The lowest BCUT2D eigenvalue weighted by atomic mass is 10.2. The van der Waals surface area contributed by atoms with Gasteiger partial charge in [0.25, 0.3) is 5.56 Å². The zero-order chi connectivity index (χ0) is 22.7. The van der Waals surface area contributed by atoms with E-state index >= 15 is 0 Å². The van der Waals surface area contributed by atoms with E-state index in [4.69, 9.17) is 11.6 Å². The van der Waals surface area contributed by atoms with Crippen molar-refractivity contribution < 1.29 is 9.00 Å². The van der Waals surface area contributed by atoms with Crippen LogP contribution in [-0.2, 0) is 11.0 Å². The maximum atomic E-state index is 12.9. The van der Waals surface area contributed by atoms with Gasteiger partial charge in [-0.05, 0) is 61.5 Å². The molecular weight excluding hydrogens is 470 g/mol. The molecule has 164 valence electrons. The summed E-state index contributed by atoms with van der Waals surface area (Å²) in [6.45, 7) is 2.77. The highest BCUT2D eigenvalue weighted by Gasteiger charge is 2.12. The van der Waals surface area contributed by atoms with E-state index in [0.717, 1.165) is 23.6 Å². The minimum Gasteiger partial charge on any atom is -0.385 e. The molecule has 0 bridgehead atoms. The summed E-state index contributed by atoms with van der Waals surface area (Å²) >= 11 is 6.95. The standard InChI is InChI=1S/C21H18ClN5O3S2/c1-2-23-14-5-8-16-17(11-14)24-12-27(20(16)28)15-6-3-13(4-7-15)25-21(29)26-32(30)19-10-9-18(22)31-19/h3-12,23H,2H2,1H3,(H2,25,26,29). The van der Waals surface area contributed by atoms with Gasteiger partial charge < -0.3 is 10.6 Å². The first-order valence-electron chi connectivity index (χ1n) is 9.55. The van der Waals surface area contributed by atoms with Crippen LogP contribution >= 0.6 is 22.9 Å². The number of rotatable bonds is 6. The van der Waals surface area contributed by atoms with Crippen LogP contribution < -0.4 is 20.9 Å². The van der Waals surface area contributed by atoms with E-state index in [1.54, 1.807) is 42.5 Å². The second-order valence-electron chi connectivity index (χ2n) is 6.61. The Morgan fingerprint density at radius 2 is 1.88 bits per heavy atom. The van der Waals surface area contributed by atoms with Crippen molar-refractivity contribution in [3.05, 3.63) is 75.6 Å². The average molecular weight is 488 g/mol. The molecule has 2 aromatic heterocycles. The molecule has 1 atom stereocenters. The molecule has 3 N–H and O–H groups in total. The predicted octanol–water partition coefficient (Wildman–Crippen LogP) is 4.38. The first-order chi connectivity index (χ1) is 15.4. The Bertz CT molecular complexity index is 1370. The third-order valence-electron chi connectivity index (χ3n) is 4.46. The molecule has 4 aromatic rings. The summed E-state index contributed by atoms with van der Waals surface area (Å²) in [5.41, 5.74) is 2.40. The fraction of sp³-hybridized carbons (Fsp3) is 0.0952. The molecular formula is C21H18ClN5O3S2. The molecule has 0 aliphatic carbocycles. The van der Waals surface area contributed by atoms with Crippen LogP contribution in [0, 0.1) is 0 Å². The minimum atomic E-state index is -1.71. The third-order valence-corrected chi connectivity index (χ3v) is 7.06. The first kappa shape index (κ1) is 22.0. The number of anilines is 2. The van der Waals surface area contributed by atoms with Crippen LogP contribution in [0.5, 0.6) is 0 Å². The van der Waals surface area contributed by atoms with E-state index in [9.17, 15) is 13.8 Å². The van der Waals surface area contributed by atoms with Crippen molar-refractivity contribution in [1.29, 1.82) is 0 Å². The highest BCUT2D eigenvalue weighted by Crippen LogP contribution is 2.23. The van der Waals surface area contributed by atoms with Crippen molar-refractivity contribution >= 4 is 62.2 Å². The van der Waals surface area contributed by atoms with Gasteiger partial charge in [0, 0.05) is 17.9 Å². The van der Waals surface area contributed by atoms with E-state index in [1.807, 2.05) is 19.1 Å². The van der Waals surface area contributed by atoms with Gasteiger partial charge in [0.2, 0.25) is 0 Å². The number of hydrogen-bond donors (Lipinski definition) is 3. The summed E-state index contributed by atoms with van der Waals surface area (Å²) in [5.74, 6) is 0. The third kappa shape index (κ3) is 4.82. The Morgan fingerprint density at radius 3 is 2.56 bits per heavy atom. The Hall–Kier alpha value is -3.21. The summed E-state index contributed by atoms with van der Waals surface area (Å²) < 4.78 is 16.9. The molecule has 0 fully saturated rings. The summed E-state index contributed by atoms with van der Waals surface area (Å²) in [6, 6.07) is 14.7. The van der Waals surface area contributed by atoms with Gasteiger partial charge in [0.05, 0.1) is 20.9 Å². The number of hydrogen-bond acceptors (Lipinski definition) is 6. The van der Waals surface area contributed by atoms with Crippen molar-refractivity contribution in [3.8, 4) is 5.69 Å². The number of amides is 2. The Labute approximate surface area is 194 Å². The molecule has 0 saturated heterocycles. The van der Waals surface area contributed by atoms with Gasteiger partial charge in [-0.3, -0.25) is 14.1 Å². The summed E-state index contributed by atoms with van der Waals surface area (Å²) in [5, 5.41) is 6.31. The Morgan fingerprint density at radius 1 is 1.12 bits per heavy atom. The summed E-state index contributed by atoms with van der Waals surface area (Å²) in [6.07, 6.45) is 1.48. The van der Waals surface area contributed by atoms with Crippen LogP contribution in [0.3, 0.4) is 0 Å². The molecule has 2 heterocycles. The van der Waals surface area contributed by atoms with E-state index < -0.39 is 17.0 Å². The van der Waals surface area contributed by atoms with Crippen molar-refractivity contribution in [2.45, 2.75) is 11.1 Å². The fourth-order valence-electron chi connectivity index (χ4n) is 3.01. The quantitative estimate of drug-likeness (QED) is 0.374. The molecule has 0 radical (unpaired) electrons. The zero-order valence-corrected chi connectivity index (χ0v) is 19.2. The van der Waals surface area contributed by atoms with E-state index in [2.05, 4.69) is 20.3 Å². The fourth-order valence-corrected chi connectivity index (χ4v) is 5.14. The number of benzene rings is 2. The van der Waals surface area contributed by atoms with Crippen LogP contribution in [0.4, 0.5) is 16.2 Å². The normalized spacial score (nSPS) is 11.8. The minimum absolute atomic E-state index is 0.193. The van der Waals surface area contributed by atoms with E-state index in [-0.39, 0.29) is 5.56 Å². The maximum Gasteiger partial charge on any atom is 0.331 e. The molecule has 0 spiro atoms. The molecule has 0 aliphatic heterocycles. The van der Waals surface area contributed by atoms with Crippen molar-refractivity contribution in [1.82, 2.24) is 14.3 Å². The number of carbonyl (C=O) groups excluding carboxylic acids is 1. The largest absolute Gasteiger partial charge is 0.385 e. The van der Waals surface area contributed by atoms with Gasteiger partial charge in [-0.25, -0.2) is 14.0 Å². The predicted molar refractivity (Wildman–Crippen MR) is 129 cm³/mol. The van der Waals surface area contributed by atoms with Gasteiger partial charge in [-0.2, -0.15) is 0 Å². The monoisotopic (exact) mass is 487 g/mol. The number of carbonyl (C=O) groups is 1. The molecule has 11 heteroatoms. The molecule has 1 unspecified atom stereocenters. The molecule has 2 amide bonds. The van der Waals surface area contributed by atoms with Gasteiger partial charge in [0.15, 0.2) is 11.0 Å². The molecule has 4 rings (SSSR count). The van der Waals surface area contributed by atoms with Crippen LogP contribution in [0.1, 0.15) is 6.92 Å². The van der Waals surface area contributed by atoms with Gasteiger partial charge in [-0.15, -0.1) is 11.3 Å². The lowest BCUT2D eigenvalue weighted by Crippen LogP contribution is -2.30. The Kier molecular flexibility index (Phi) is 6.54. The first-order valence-corrected chi connectivity index (χ1v) is 11.9. The number of aromatic nitrogens is 2. The molecule has 32 heavy (non-hydrogen) atoms. The molecule has 2 aromatic carbocycles. The number of urea groups is 1. The van der Waals surface area contributed by atoms with Crippen molar-refractivity contribution in [2.75, 3.05) is 17.2 Å². The number of nitrogens with zero attached hydrogens (tertiary/aromatic N) is 2. The lowest BCUT2D eigenvalue weighted by Gasteiger charge is -2.10. The molecule has 0 saturated carbocycles. The summed E-state index contributed by atoms with van der Waals surface area (Å²) in [7, 11) is -1.71. The van der Waals surface area contributed by atoms with Crippen LogP contribution in [0.25, 0.3) is 16.6 Å². The second-order valence-corrected chi connectivity index (χ2v) is 9.77. The average Bonchev–Trinajstić information content (AvgIpc) is 3.21. The van der Waals surface area contributed by atoms with Gasteiger partial charge >= 0.3 is 6.03 Å². The van der Waals surface area contributed by atoms with Crippen molar-refractivity contribution in [2.24, 2.45) is 0 Å². The number of nitrogens with one attached hydrogen (secondary N) is 3. The van der Waals surface area contributed by atoms with Crippen molar-refractivity contribution in [3.63, 3.8) is 0 Å². The Balaban J connectivity index is 1.48. The SMILES string of the molecule is CCNc1ccc2c(=O)n(-c3ccc(NC(=O)NS(=O)c4ccc(Cl)s4)cc3)cnc2c1. The van der Waals surface area contributed by atoms with E-state index in [0.29, 0.717) is 30.8 Å². The highest BCUT2D eigenvalue weighted by atomic mass is 35.5. The van der Waals surface area contributed by atoms with Crippen LogP contribution in [0.15, 0.2) is 69.9 Å². The highest BCUT2D eigenvalue weighted by molar-refractivity contribution is 7.86. The van der Waals surface area contributed by atoms with Gasteiger partial charge in [0.1, 0.15) is 10.5 Å². The molecule has 0 aliphatic rings. The summed E-state index contributed by atoms with van der Waals surface area (Å²) in [4.78, 5) is 29.4. The molecule has 8 nitrogen and oxygen atoms in total. The van der Waals surface area contributed by atoms with Crippen LogP contribution in [0.2, 0.25) is 4.34 Å². The number of thiophene rings is 1. The van der Waals surface area contributed by atoms with Crippen LogP contribution in [-0.4, -0.2) is 26.3 Å². The maximum absolute atomic E-state index is 12.9. The topological polar surface area (TPSA) is 105 Å². The van der Waals surface area contributed by atoms with E-state index in [1.165, 1.54) is 10.9 Å². The smallest absolute Gasteiger partial charge is 0.331 e. The second kappa shape index (κ2) is 9.51. The zero-order valence-electron chi connectivity index (χ0n) is 16.8.